The molecular weight excluding hydrogens is 122 g/mol. The lowest BCUT2D eigenvalue weighted by molar-refractivity contribution is 0.551. The number of rotatable bonds is 4. The maximum absolute atomic E-state index is 5.66. The average Bonchev–Trinajstić information content (AvgIpc) is 2.61. The minimum Gasteiger partial charge on any atom is -0.328 e. The van der Waals surface area contributed by atoms with Gasteiger partial charge in [0.05, 0.1) is 0 Å². The largest absolute Gasteiger partial charge is 0.328 e. The van der Waals surface area contributed by atoms with Crippen LogP contribution in [0.25, 0.3) is 0 Å². The third kappa shape index (κ3) is 2.30. The molecule has 3 unspecified atom stereocenters. The smallest absolute Gasteiger partial charge is 0.00105 e. The van der Waals surface area contributed by atoms with Gasteiger partial charge in [-0.05, 0) is 38.0 Å². The molecule has 0 heterocycles. The molecule has 1 saturated carbocycles. The highest BCUT2D eigenvalue weighted by atomic mass is 14.6. The van der Waals surface area contributed by atoms with Gasteiger partial charge in [0, 0.05) is 6.04 Å². The van der Waals surface area contributed by atoms with E-state index in [0.717, 1.165) is 11.8 Å². The number of nitrogens with two attached hydrogens (primary N) is 1. The molecule has 0 saturated heterocycles. The summed E-state index contributed by atoms with van der Waals surface area (Å²) in [5, 5.41) is 0. The SMILES string of the molecule is CCC1CC1CCC(C)N. The zero-order chi connectivity index (χ0) is 7.56. The van der Waals surface area contributed by atoms with Crippen molar-refractivity contribution in [3.8, 4) is 0 Å². The summed E-state index contributed by atoms with van der Waals surface area (Å²) in [7, 11) is 0. The quantitative estimate of drug-likeness (QED) is 0.638. The molecule has 0 spiro atoms. The van der Waals surface area contributed by atoms with E-state index < -0.39 is 0 Å². The van der Waals surface area contributed by atoms with Crippen LogP contribution in [0.5, 0.6) is 0 Å². The Morgan fingerprint density at radius 1 is 1.50 bits per heavy atom. The van der Waals surface area contributed by atoms with Crippen molar-refractivity contribution >= 4 is 0 Å². The molecule has 60 valence electrons. The van der Waals surface area contributed by atoms with Gasteiger partial charge in [0.25, 0.3) is 0 Å². The van der Waals surface area contributed by atoms with Crippen LogP contribution in [-0.2, 0) is 0 Å². The molecule has 0 aromatic rings. The third-order valence-electron chi connectivity index (χ3n) is 2.59. The van der Waals surface area contributed by atoms with Gasteiger partial charge < -0.3 is 5.73 Å². The second-order valence-corrected chi connectivity index (χ2v) is 3.72. The topological polar surface area (TPSA) is 26.0 Å². The number of hydrogen-bond acceptors (Lipinski definition) is 1. The molecule has 1 fully saturated rings. The molecule has 1 aliphatic rings. The van der Waals surface area contributed by atoms with Crippen molar-refractivity contribution in [3.05, 3.63) is 0 Å². The predicted molar refractivity (Wildman–Crippen MR) is 44.8 cm³/mol. The Hall–Kier alpha value is -0.0400. The zero-order valence-corrected chi connectivity index (χ0v) is 7.14. The van der Waals surface area contributed by atoms with E-state index in [-0.39, 0.29) is 0 Å². The third-order valence-corrected chi connectivity index (χ3v) is 2.59. The predicted octanol–water partition coefficient (Wildman–Crippen LogP) is 2.16. The van der Waals surface area contributed by atoms with Crippen LogP contribution in [0.15, 0.2) is 0 Å². The molecule has 0 radical (unpaired) electrons. The van der Waals surface area contributed by atoms with Gasteiger partial charge >= 0.3 is 0 Å². The summed E-state index contributed by atoms with van der Waals surface area (Å²) >= 11 is 0. The summed E-state index contributed by atoms with van der Waals surface area (Å²) in [4.78, 5) is 0. The van der Waals surface area contributed by atoms with E-state index in [2.05, 4.69) is 13.8 Å². The van der Waals surface area contributed by atoms with Gasteiger partial charge in [0.2, 0.25) is 0 Å². The molecule has 1 heteroatoms. The second kappa shape index (κ2) is 3.38. The van der Waals surface area contributed by atoms with Crippen molar-refractivity contribution in [2.75, 3.05) is 0 Å². The lowest BCUT2D eigenvalue weighted by Gasteiger charge is -2.02. The minimum atomic E-state index is 0.415. The Balaban J connectivity index is 1.96. The maximum atomic E-state index is 5.66. The van der Waals surface area contributed by atoms with E-state index in [0.29, 0.717) is 6.04 Å². The molecule has 2 N–H and O–H groups in total. The minimum absolute atomic E-state index is 0.415. The van der Waals surface area contributed by atoms with Crippen LogP contribution in [0.2, 0.25) is 0 Å². The zero-order valence-electron chi connectivity index (χ0n) is 7.14. The number of hydrogen-bond donors (Lipinski definition) is 1. The summed E-state index contributed by atoms with van der Waals surface area (Å²) in [5.41, 5.74) is 5.66. The molecule has 3 atom stereocenters. The average molecular weight is 141 g/mol. The summed E-state index contributed by atoms with van der Waals surface area (Å²) in [6, 6.07) is 0.415. The molecule has 0 aromatic carbocycles. The summed E-state index contributed by atoms with van der Waals surface area (Å²) < 4.78 is 0. The van der Waals surface area contributed by atoms with Crippen molar-refractivity contribution in [3.63, 3.8) is 0 Å². The highest BCUT2D eigenvalue weighted by Gasteiger charge is 2.34. The molecule has 0 bridgehead atoms. The Kier molecular flexibility index (Phi) is 2.72. The van der Waals surface area contributed by atoms with Crippen LogP contribution in [0.1, 0.15) is 39.5 Å². The molecule has 0 aromatic heterocycles. The Bertz CT molecular complexity index is 98.9. The van der Waals surface area contributed by atoms with Gasteiger partial charge in [0.1, 0.15) is 0 Å². The molecule has 0 amide bonds. The summed E-state index contributed by atoms with van der Waals surface area (Å²) in [6.45, 7) is 4.39. The first-order valence-electron chi connectivity index (χ1n) is 4.49. The fourth-order valence-corrected chi connectivity index (χ4v) is 1.64. The van der Waals surface area contributed by atoms with Crippen LogP contribution in [0.4, 0.5) is 0 Å². The first kappa shape index (κ1) is 8.06. The van der Waals surface area contributed by atoms with E-state index in [4.69, 9.17) is 5.73 Å². The van der Waals surface area contributed by atoms with Crippen LogP contribution in [0.3, 0.4) is 0 Å². The first-order valence-corrected chi connectivity index (χ1v) is 4.49. The van der Waals surface area contributed by atoms with E-state index in [1.54, 1.807) is 0 Å². The second-order valence-electron chi connectivity index (χ2n) is 3.72. The lowest BCUT2D eigenvalue weighted by atomic mass is 10.1. The van der Waals surface area contributed by atoms with Crippen molar-refractivity contribution in [1.82, 2.24) is 0 Å². The van der Waals surface area contributed by atoms with Gasteiger partial charge in [-0.3, -0.25) is 0 Å². The maximum Gasteiger partial charge on any atom is 0.00105 e. The van der Waals surface area contributed by atoms with E-state index in [1.807, 2.05) is 0 Å². The Morgan fingerprint density at radius 2 is 2.20 bits per heavy atom. The van der Waals surface area contributed by atoms with Crippen molar-refractivity contribution in [2.45, 2.75) is 45.6 Å². The van der Waals surface area contributed by atoms with Gasteiger partial charge in [-0.25, -0.2) is 0 Å². The fraction of sp³-hybridized carbons (Fsp3) is 1.00. The molecule has 0 aliphatic heterocycles. The van der Waals surface area contributed by atoms with Gasteiger partial charge in [-0.2, -0.15) is 0 Å². The van der Waals surface area contributed by atoms with E-state index >= 15 is 0 Å². The van der Waals surface area contributed by atoms with E-state index in [1.165, 1.54) is 25.7 Å². The standard InChI is InChI=1S/C9H19N/c1-3-8-6-9(8)5-4-7(2)10/h7-9H,3-6,10H2,1-2H3. The Morgan fingerprint density at radius 3 is 2.60 bits per heavy atom. The Labute approximate surface area is 64.0 Å². The van der Waals surface area contributed by atoms with Crippen LogP contribution in [-0.4, -0.2) is 6.04 Å². The van der Waals surface area contributed by atoms with Gasteiger partial charge in [0.15, 0.2) is 0 Å². The normalized spacial score (nSPS) is 33.9. The van der Waals surface area contributed by atoms with E-state index in [9.17, 15) is 0 Å². The fourth-order valence-electron chi connectivity index (χ4n) is 1.64. The molecule has 1 aliphatic carbocycles. The molecule has 1 rings (SSSR count). The summed E-state index contributed by atoms with van der Waals surface area (Å²) in [6.07, 6.45) is 5.45. The monoisotopic (exact) mass is 141 g/mol. The van der Waals surface area contributed by atoms with Gasteiger partial charge in [-0.15, -0.1) is 0 Å². The highest BCUT2D eigenvalue weighted by Crippen LogP contribution is 2.44. The lowest BCUT2D eigenvalue weighted by Crippen LogP contribution is -2.14. The van der Waals surface area contributed by atoms with Crippen LogP contribution >= 0.6 is 0 Å². The van der Waals surface area contributed by atoms with Crippen molar-refractivity contribution in [2.24, 2.45) is 17.6 Å². The van der Waals surface area contributed by atoms with Crippen molar-refractivity contribution in [1.29, 1.82) is 0 Å². The molecule has 1 nitrogen and oxygen atoms in total. The molecule has 10 heavy (non-hydrogen) atoms. The van der Waals surface area contributed by atoms with Crippen LogP contribution in [0, 0.1) is 11.8 Å². The van der Waals surface area contributed by atoms with Crippen molar-refractivity contribution < 1.29 is 0 Å². The van der Waals surface area contributed by atoms with Crippen LogP contribution < -0.4 is 5.73 Å². The van der Waals surface area contributed by atoms with Gasteiger partial charge in [-0.1, -0.05) is 13.3 Å². The molecular formula is C9H19N. The summed E-state index contributed by atoms with van der Waals surface area (Å²) in [5.74, 6) is 2.09. The first-order chi connectivity index (χ1) is 4.74. The highest BCUT2D eigenvalue weighted by molar-refractivity contribution is 4.85.